The van der Waals surface area contributed by atoms with Crippen LogP contribution in [0.2, 0.25) is 0 Å². The Kier molecular flexibility index (Phi) is 3.34. The van der Waals surface area contributed by atoms with Gasteiger partial charge in [-0.15, -0.1) is 5.10 Å². The van der Waals surface area contributed by atoms with Gasteiger partial charge >= 0.3 is 0 Å². The van der Waals surface area contributed by atoms with Gasteiger partial charge in [0.15, 0.2) is 0 Å². The molecule has 0 spiro atoms. The molecule has 0 bridgehead atoms. The van der Waals surface area contributed by atoms with Gasteiger partial charge in [-0.25, -0.2) is 4.98 Å². The second kappa shape index (κ2) is 5.30. The van der Waals surface area contributed by atoms with Gasteiger partial charge < -0.3 is 5.11 Å². The fraction of sp³-hybridized carbons (Fsp3) is 0.0769. The predicted molar refractivity (Wildman–Crippen MR) is 73.9 cm³/mol. The van der Waals surface area contributed by atoms with Crippen molar-refractivity contribution in [2.45, 2.75) is 17.1 Å². The molecule has 6 nitrogen and oxygen atoms in total. The van der Waals surface area contributed by atoms with E-state index in [4.69, 9.17) is 0 Å². The molecule has 0 amide bonds. The number of nitrogens with zero attached hydrogens (tertiary/aromatic N) is 5. The van der Waals surface area contributed by atoms with Gasteiger partial charge in [-0.1, -0.05) is 6.07 Å². The summed E-state index contributed by atoms with van der Waals surface area (Å²) in [6, 6.07) is 10.6. The van der Waals surface area contributed by atoms with Crippen molar-refractivity contribution in [3.8, 4) is 11.4 Å². The Hall–Kier alpha value is -2.41. The molecule has 7 heteroatoms. The van der Waals surface area contributed by atoms with Crippen LogP contribution in [0.3, 0.4) is 0 Å². The molecule has 100 valence electrons. The fourth-order valence-electron chi connectivity index (χ4n) is 1.66. The third-order valence-electron chi connectivity index (χ3n) is 2.68. The van der Waals surface area contributed by atoms with Crippen LogP contribution in [0.1, 0.15) is 5.56 Å². The molecule has 2 heterocycles. The molecule has 0 saturated heterocycles. The van der Waals surface area contributed by atoms with E-state index >= 15 is 0 Å². The third-order valence-corrected chi connectivity index (χ3v) is 3.74. The van der Waals surface area contributed by atoms with Crippen LogP contribution in [-0.4, -0.2) is 30.3 Å². The van der Waals surface area contributed by atoms with Gasteiger partial charge in [0.1, 0.15) is 10.8 Å². The molecule has 3 aromatic rings. The van der Waals surface area contributed by atoms with E-state index in [2.05, 4.69) is 20.5 Å². The maximum Gasteiger partial charge on any atom is 0.220 e. The van der Waals surface area contributed by atoms with Crippen LogP contribution in [0.15, 0.2) is 52.8 Å². The topological polar surface area (TPSA) is 76.7 Å². The lowest BCUT2D eigenvalue weighted by Crippen LogP contribution is -1.99. The van der Waals surface area contributed by atoms with Gasteiger partial charge in [0.2, 0.25) is 5.16 Å². The van der Waals surface area contributed by atoms with Crippen LogP contribution < -0.4 is 0 Å². The van der Waals surface area contributed by atoms with Crippen molar-refractivity contribution in [2.24, 2.45) is 0 Å². The number of hydrogen-bond donors (Lipinski definition) is 1. The van der Waals surface area contributed by atoms with Gasteiger partial charge in [0.25, 0.3) is 0 Å². The van der Waals surface area contributed by atoms with Crippen LogP contribution in [0.25, 0.3) is 5.69 Å². The molecular formula is C13H11N5OS. The predicted octanol–water partition coefficient (Wildman–Crippen LogP) is 2.22. The summed E-state index contributed by atoms with van der Waals surface area (Å²) in [5.41, 5.74) is 1.85. The Balaban J connectivity index is 1.95. The summed E-state index contributed by atoms with van der Waals surface area (Å²) >= 11 is 1.40. The molecule has 0 atom stereocenters. The maximum absolute atomic E-state index is 9.32. The van der Waals surface area contributed by atoms with Crippen LogP contribution >= 0.6 is 11.8 Å². The van der Waals surface area contributed by atoms with Crippen molar-refractivity contribution in [1.82, 2.24) is 25.2 Å². The lowest BCUT2D eigenvalue weighted by molar-refractivity contribution is 0.475. The zero-order chi connectivity index (χ0) is 13.9. The lowest BCUT2D eigenvalue weighted by Gasteiger charge is -2.05. The molecule has 0 fully saturated rings. The van der Waals surface area contributed by atoms with Crippen molar-refractivity contribution < 1.29 is 5.11 Å². The summed E-state index contributed by atoms with van der Waals surface area (Å²) in [4.78, 5) is 4.32. The molecule has 20 heavy (non-hydrogen) atoms. The van der Waals surface area contributed by atoms with Crippen molar-refractivity contribution in [3.63, 3.8) is 0 Å². The molecule has 1 N–H and O–H groups in total. The van der Waals surface area contributed by atoms with E-state index in [9.17, 15) is 5.11 Å². The first-order valence-electron chi connectivity index (χ1n) is 5.91. The minimum Gasteiger partial charge on any atom is -0.508 e. The Bertz CT molecular complexity index is 726. The number of pyridine rings is 1. The molecule has 0 aliphatic carbocycles. The summed E-state index contributed by atoms with van der Waals surface area (Å²) in [6.07, 6.45) is 1.74. The first kappa shape index (κ1) is 12.6. The van der Waals surface area contributed by atoms with Crippen LogP contribution in [0.4, 0.5) is 0 Å². The van der Waals surface area contributed by atoms with E-state index in [1.807, 2.05) is 19.1 Å². The molecule has 0 aliphatic heterocycles. The van der Waals surface area contributed by atoms with E-state index in [1.54, 1.807) is 35.1 Å². The molecule has 0 saturated carbocycles. The molecular weight excluding hydrogens is 274 g/mol. The van der Waals surface area contributed by atoms with Gasteiger partial charge in [-0.3, -0.25) is 0 Å². The number of benzene rings is 1. The van der Waals surface area contributed by atoms with Gasteiger partial charge in [-0.05, 0) is 65.0 Å². The van der Waals surface area contributed by atoms with Crippen LogP contribution in [0, 0.1) is 6.92 Å². The van der Waals surface area contributed by atoms with Gasteiger partial charge in [0, 0.05) is 6.20 Å². The summed E-state index contributed by atoms with van der Waals surface area (Å²) in [5.74, 6) is 0.205. The zero-order valence-corrected chi connectivity index (χ0v) is 11.4. The summed E-state index contributed by atoms with van der Waals surface area (Å²) < 4.78 is 1.61. The summed E-state index contributed by atoms with van der Waals surface area (Å²) in [7, 11) is 0. The van der Waals surface area contributed by atoms with Crippen molar-refractivity contribution in [1.29, 1.82) is 0 Å². The van der Waals surface area contributed by atoms with Crippen molar-refractivity contribution in [2.75, 3.05) is 0 Å². The number of rotatable bonds is 3. The minimum absolute atomic E-state index is 0.205. The second-order valence-corrected chi connectivity index (χ2v) is 5.07. The second-order valence-electron chi connectivity index (χ2n) is 4.12. The monoisotopic (exact) mass is 285 g/mol. The highest BCUT2D eigenvalue weighted by Gasteiger charge is 2.12. The summed E-state index contributed by atoms with van der Waals surface area (Å²) in [6.45, 7) is 1.99. The van der Waals surface area contributed by atoms with E-state index in [-0.39, 0.29) is 5.75 Å². The normalized spacial score (nSPS) is 10.7. The first-order chi connectivity index (χ1) is 9.74. The number of aromatic hydroxyl groups is 1. The number of aromatic nitrogens is 5. The molecule has 3 rings (SSSR count). The SMILES string of the molecule is Cc1cccnc1Sc1nnnn1-c1ccc(O)cc1. The van der Waals surface area contributed by atoms with Crippen LogP contribution in [0.5, 0.6) is 5.75 Å². The number of hydrogen-bond acceptors (Lipinski definition) is 6. The van der Waals surface area contributed by atoms with Crippen LogP contribution in [-0.2, 0) is 0 Å². The quantitative estimate of drug-likeness (QED) is 0.795. The number of tetrazole rings is 1. The number of aryl methyl sites for hydroxylation is 1. The molecule has 0 radical (unpaired) electrons. The Morgan fingerprint density at radius 2 is 1.95 bits per heavy atom. The summed E-state index contributed by atoms with van der Waals surface area (Å²) in [5, 5.41) is 22.5. The fourth-order valence-corrected chi connectivity index (χ4v) is 2.48. The van der Waals surface area contributed by atoms with E-state index in [0.29, 0.717) is 5.16 Å². The lowest BCUT2D eigenvalue weighted by atomic mass is 10.3. The molecule has 0 unspecified atom stereocenters. The number of phenols is 1. The van der Waals surface area contributed by atoms with Crippen molar-refractivity contribution >= 4 is 11.8 Å². The highest BCUT2D eigenvalue weighted by Crippen LogP contribution is 2.27. The first-order valence-corrected chi connectivity index (χ1v) is 6.73. The average molecular weight is 285 g/mol. The molecule has 0 aliphatic rings. The van der Waals surface area contributed by atoms with Gasteiger partial charge in [0.05, 0.1) is 5.69 Å². The Morgan fingerprint density at radius 1 is 1.15 bits per heavy atom. The molecule has 1 aromatic carbocycles. The van der Waals surface area contributed by atoms with E-state index in [1.165, 1.54) is 11.8 Å². The number of phenolic OH excluding ortho intramolecular Hbond substituents is 1. The Morgan fingerprint density at radius 3 is 2.70 bits per heavy atom. The highest BCUT2D eigenvalue weighted by atomic mass is 32.2. The smallest absolute Gasteiger partial charge is 0.220 e. The van der Waals surface area contributed by atoms with E-state index < -0.39 is 0 Å². The highest BCUT2D eigenvalue weighted by molar-refractivity contribution is 7.99. The Labute approximate surface area is 119 Å². The third kappa shape index (κ3) is 2.48. The maximum atomic E-state index is 9.32. The van der Waals surface area contributed by atoms with Crippen molar-refractivity contribution in [3.05, 3.63) is 48.2 Å². The van der Waals surface area contributed by atoms with Gasteiger partial charge in [-0.2, -0.15) is 4.68 Å². The van der Waals surface area contributed by atoms with E-state index in [0.717, 1.165) is 16.3 Å². The largest absolute Gasteiger partial charge is 0.508 e. The molecule has 2 aromatic heterocycles. The zero-order valence-electron chi connectivity index (χ0n) is 10.6. The average Bonchev–Trinajstić information content (AvgIpc) is 2.90. The standard InChI is InChI=1S/C13H11N5OS/c1-9-3-2-8-14-12(9)20-13-15-16-17-18(13)10-4-6-11(19)7-5-10/h2-8,19H,1H3. The minimum atomic E-state index is 0.205.